The van der Waals surface area contributed by atoms with E-state index in [2.05, 4.69) is 20.9 Å². The molecule has 0 bridgehead atoms. The number of benzene rings is 2. The van der Waals surface area contributed by atoms with E-state index in [9.17, 15) is 9.59 Å². The van der Waals surface area contributed by atoms with Crippen LogP contribution in [0, 0.1) is 0 Å². The first-order valence-corrected chi connectivity index (χ1v) is 8.89. The number of fused-ring (bicyclic) bond motifs is 1. The van der Waals surface area contributed by atoms with Crippen molar-refractivity contribution in [3.8, 4) is 5.75 Å². The Labute approximate surface area is 166 Å². The Morgan fingerprint density at radius 2 is 1.89 bits per heavy atom. The van der Waals surface area contributed by atoms with Crippen LogP contribution in [0.2, 0.25) is 0 Å². The van der Waals surface area contributed by atoms with Gasteiger partial charge in [0.2, 0.25) is 5.91 Å². The molecule has 0 aliphatic carbocycles. The molecule has 1 aromatic heterocycles. The second-order valence-corrected chi connectivity index (χ2v) is 6.16. The lowest BCUT2D eigenvalue weighted by Crippen LogP contribution is -2.34. The highest BCUT2D eigenvalue weighted by Crippen LogP contribution is 2.22. The Kier molecular flexibility index (Phi) is 5.85. The number of amides is 2. The number of nitrogens with zero attached hydrogens (tertiary/aromatic N) is 1. The molecule has 3 aromatic rings. The zero-order valence-electron chi connectivity index (χ0n) is 15.2. The topological polar surface area (TPSA) is 105 Å². The third kappa shape index (κ3) is 4.83. The fourth-order valence-corrected chi connectivity index (χ4v) is 2.61. The Balaban J connectivity index is 1.63. The van der Waals surface area contributed by atoms with Gasteiger partial charge in [0, 0.05) is 24.2 Å². The second kappa shape index (κ2) is 8.49. The summed E-state index contributed by atoms with van der Waals surface area (Å²) in [7, 11) is 0. The van der Waals surface area contributed by atoms with Crippen LogP contribution in [0.3, 0.4) is 0 Å². The van der Waals surface area contributed by atoms with Gasteiger partial charge in [-0.25, -0.2) is 0 Å². The van der Waals surface area contributed by atoms with E-state index in [1.165, 1.54) is 6.92 Å². The Morgan fingerprint density at radius 1 is 1.14 bits per heavy atom. The average Bonchev–Trinajstić information content (AvgIpc) is 3.03. The van der Waals surface area contributed by atoms with Crippen LogP contribution in [-0.2, 0) is 4.79 Å². The van der Waals surface area contributed by atoms with Crippen molar-refractivity contribution in [2.75, 3.05) is 17.2 Å². The number of carbonyl (C=O) groups excluding carboxylic acids is 2. The highest BCUT2D eigenvalue weighted by Gasteiger charge is 2.12. The second-order valence-electron chi connectivity index (χ2n) is 5.75. The first kappa shape index (κ1) is 19.3. The molecule has 0 fully saturated rings. The molecule has 0 spiro atoms. The zero-order valence-corrected chi connectivity index (χ0v) is 16.1. The Morgan fingerprint density at radius 3 is 2.57 bits per heavy atom. The van der Waals surface area contributed by atoms with Crippen LogP contribution < -0.4 is 20.7 Å². The highest BCUT2D eigenvalue weighted by atomic mass is 32.1. The van der Waals surface area contributed by atoms with Gasteiger partial charge in [0.15, 0.2) is 10.7 Å². The van der Waals surface area contributed by atoms with Crippen molar-refractivity contribution in [1.29, 1.82) is 0 Å². The molecular formula is C19H18N4O4S. The number of anilines is 2. The van der Waals surface area contributed by atoms with Crippen LogP contribution >= 0.6 is 12.2 Å². The van der Waals surface area contributed by atoms with E-state index in [0.717, 1.165) is 0 Å². The summed E-state index contributed by atoms with van der Waals surface area (Å²) in [6.45, 7) is 3.86. The maximum atomic E-state index is 12.3. The predicted octanol–water partition coefficient (Wildman–Crippen LogP) is 3.31. The number of nitrogens with one attached hydrogen (secondary N) is 3. The van der Waals surface area contributed by atoms with E-state index >= 15 is 0 Å². The Bertz CT molecular complexity index is 1030. The van der Waals surface area contributed by atoms with Crippen molar-refractivity contribution in [2.24, 2.45) is 0 Å². The molecular weight excluding hydrogens is 380 g/mol. The molecule has 0 aliphatic rings. The summed E-state index contributed by atoms with van der Waals surface area (Å²) < 4.78 is 10.9. The maximum Gasteiger partial charge on any atom is 0.302 e. The summed E-state index contributed by atoms with van der Waals surface area (Å²) >= 11 is 5.14. The van der Waals surface area contributed by atoms with E-state index in [-0.39, 0.29) is 22.9 Å². The van der Waals surface area contributed by atoms with Gasteiger partial charge in [0.05, 0.1) is 6.61 Å². The van der Waals surface area contributed by atoms with Gasteiger partial charge in [-0.1, -0.05) is 0 Å². The summed E-state index contributed by atoms with van der Waals surface area (Å²) in [4.78, 5) is 27.6. The Hall–Kier alpha value is -3.46. The van der Waals surface area contributed by atoms with Gasteiger partial charge in [0.1, 0.15) is 11.3 Å². The number of hydrogen-bond acceptors (Lipinski definition) is 6. The third-order valence-electron chi connectivity index (χ3n) is 3.58. The molecule has 0 atom stereocenters. The number of thiocarbonyl (C=S) groups is 1. The van der Waals surface area contributed by atoms with Crippen molar-refractivity contribution in [1.82, 2.24) is 10.3 Å². The summed E-state index contributed by atoms with van der Waals surface area (Å²) in [5.41, 5.74) is 2.07. The lowest BCUT2D eigenvalue weighted by Gasteiger charge is -2.07. The summed E-state index contributed by atoms with van der Waals surface area (Å²) in [5, 5.41) is 8.01. The molecule has 0 aliphatic heterocycles. The molecule has 144 valence electrons. The van der Waals surface area contributed by atoms with Crippen LogP contribution in [0.15, 0.2) is 46.9 Å². The van der Waals surface area contributed by atoms with E-state index in [4.69, 9.17) is 21.4 Å². The molecule has 1 heterocycles. The number of oxazole rings is 1. The number of aromatic nitrogens is 1. The van der Waals surface area contributed by atoms with Crippen molar-refractivity contribution < 1.29 is 18.7 Å². The van der Waals surface area contributed by atoms with E-state index < -0.39 is 0 Å². The fraction of sp³-hybridized carbons (Fsp3) is 0.158. The quantitative estimate of drug-likeness (QED) is 0.566. The van der Waals surface area contributed by atoms with Gasteiger partial charge in [0.25, 0.3) is 5.91 Å². The van der Waals surface area contributed by atoms with Crippen LogP contribution in [0.25, 0.3) is 11.1 Å². The lowest BCUT2D eigenvalue weighted by atomic mass is 10.2. The smallest absolute Gasteiger partial charge is 0.302 e. The summed E-state index contributed by atoms with van der Waals surface area (Å²) in [5.74, 6) is 0.129. The first-order chi connectivity index (χ1) is 13.4. The lowest BCUT2D eigenvalue weighted by molar-refractivity contribution is -0.114. The number of hydrogen-bond donors (Lipinski definition) is 3. The highest BCUT2D eigenvalue weighted by molar-refractivity contribution is 7.80. The average molecular weight is 398 g/mol. The molecule has 0 saturated heterocycles. The van der Waals surface area contributed by atoms with Crippen molar-refractivity contribution >= 4 is 51.9 Å². The number of rotatable bonds is 5. The minimum atomic E-state index is -0.371. The number of carbonyl (C=O) groups is 2. The van der Waals surface area contributed by atoms with Gasteiger partial charge in [-0.15, -0.1) is 0 Å². The molecule has 8 nitrogen and oxygen atoms in total. The predicted molar refractivity (Wildman–Crippen MR) is 110 cm³/mol. The molecule has 3 rings (SSSR count). The van der Waals surface area contributed by atoms with Gasteiger partial charge < -0.3 is 14.5 Å². The minimum Gasteiger partial charge on any atom is -0.494 e. The molecule has 0 unspecified atom stereocenters. The van der Waals surface area contributed by atoms with Crippen molar-refractivity contribution in [3.63, 3.8) is 0 Å². The molecule has 2 aromatic carbocycles. The molecule has 28 heavy (non-hydrogen) atoms. The summed E-state index contributed by atoms with van der Waals surface area (Å²) in [6.07, 6.45) is 0. The molecule has 9 heteroatoms. The van der Waals surface area contributed by atoms with Crippen LogP contribution in [0.1, 0.15) is 24.2 Å². The van der Waals surface area contributed by atoms with E-state index in [1.54, 1.807) is 42.5 Å². The van der Waals surface area contributed by atoms with E-state index in [1.807, 2.05) is 6.92 Å². The van der Waals surface area contributed by atoms with Gasteiger partial charge in [-0.3, -0.25) is 20.2 Å². The van der Waals surface area contributed by atoms with Crippen LogP contribution in [-0.4, -0.2) is 28.5 Å². The fourth-order valence-electron chi connectivity index (χ4n) is 2.43. The molecule has 0 radical (unpaired) electrons. The van der Waals surface area contributed by atoms with E-state index in [0.29, 0.717) is 34.7 Å². The van der Waals surface area contributed by atoms with Gasteiger partial charge in [-0.05, 0) is 55.5 Å². The zero-order chi connectivity index (χ0) is 20.1. The third-order valence-corrected chi connectivity index (χ3v) is 3.79. The monoisotopic (exact) mass is 398 g/mol. The minimum absolute atomic E-state index is 0.0486. The number of ether oxygens (including phenoxy) is 1. The van der Waals surface area contributed by atoms with Gasteiger partial charge in [-0.2, -0.15) is 4.98 Å². The maximum absolute atomic E-state index is 12.3. The van der Waals surface area contributed by atoms with Crippen LogP contribution in [0.4, 0.5) is 11.7 Å². The summed E-state index contributed by atoms with van der Waals surface area (Å²) in [6, 6.07) is 11.9. The molecule has 2 amide bonds. The molecule has 3 N–H and O–H groups in total. The SMILES string of the molecule is CCOc1ccc(C(=O)NC(=S)Nc2nc3ccc(NC(C)=O)cc3o2)cc1. The first-order valence-electron chi connectivity index (χ1n) is 8.48. The van der Waals surface area contributed by atoms with Crippen molar-refractivity contribution in [2.45, 2.75) is 13.8 Å². The standard InChI is InChI=1S/C19H18N4O4S/c1-3-26-14-7-4-12(5-8-14)17(25)22-19(28)23-18-21-15-9-6-13(20-11(2)24)10-16(15)27-18/h4-10H,3H2,1-2H3,(H,20,24)(H2,21,22,23,25,28). The molecule has 0 saturated carbocycles. The van der Waals surface area contributed by atoms with Crippen LogP contribution in [0.5, 0.6) is 5.75 Å². The van der Waals surface area contributed by atoms with Crippen molar-refractivity contribution in [3.05, 3.63) is 48.0 Å². The normalized spacial score (nSPS) is 10.4. The largest absolute Gasteiger partial charge is 0.494 e. The van der Waals surface area contributed by atoms with Gasteiger partial charge >= 0.3 is 6.01 Å².